The second-order valence-corrected chi connectivity index (χ2v) is 3.42. The van der Waals surface area contributed by atoms with Crippen LogP contribution in [0.2, 0.25) is 0 Å². The smallest absolute Gasteiger partial charge is 0.123 e. The van der Waals surface area contributed by atoms with E-state index < -0.39 is 0 Å². The maximum atomic E-state index is 9.15. The van der Waals surface area contributed by atoms with Crippen LogP contribution in [-0.2, 0) is 0 Å². The molecule has 1 N–H and O–H groups in total. The minimum absolute atomic E-state index is 0.0571. The van der Waals surface area contributed by atoms with Gasteiger partial charge in [0.2, 0.25) is 0 Å². The average molecular weight is 210 g/mol. The Bertz CT molecular complexity index is 310. The summed E-state index contributed by atoms with van der Waals surface area (Å²) in [5.41, 5.74) is 0.985. The Balaban J connectivity index is 3.04. The number of aliphatic hydroxyl groups excluding tert-OH is 1. The van der Waals surface area contributed by atoms with E-state index in [1.165, 1.54) is 0 Å². The van der Waals surface area contributed by atoms with Gasteiger partial charge in [0.15, 0.2) is 0 Å². The first-order valence-electron chi connectivity index (χ1n) is 5.14. The van der Waals surface area contributed by atoms with Gasteiger partial charge in [-0.2, -0.15) is 0 Å². The fourth-order valence-electron chi connectivity index (χ4n) is 1.42. The highest BCUT2D eigenvalue weighted by molar-refractivity contribution is 5.42. The first-order valence-corrected chi connectivity index (χ1v) is 5.14. The van der Waals surface area contributed by atoms with Crippen LogP contribution < -0.4 is 9.47 Å². The summed E-state index contributed by atoms with van der Waals surface area (Å²) < 4.78 is 10.6. The quantitative estimate of drug-likeness (QED) is 0.809. The lowest BCUT2D eigenvalue weighted by atomic mass is 10.0. The zero-order valence-corrected chi connectivity index (χ0v) is 9.49. The first kappa shape index (κ1) is 11.9. The van der Waals surface area contributed by atoms with Crippen LogP contribution in [0.15, 0.2) is 18.2 Å². The van der Waals surface area contributed by atoms with Gasteiger partial charge in [-0.3, -0.25) is 0 Å². The van der Waals surface area contributed by atoms with Crippen molar-refractivity contribution < 1.29 is 14.6 Å². The van der Waals surface area contributed by atoms with Crippen molar-refractivity contribution in [3.63, 3.8) is 0 Å². The summed E-state index contributed by atoms with van der Waals surface area (Å²) in [4.78, 5) is 0. The molecule has 0 radical (unpaired) electrons. The van der Waals surface area contributed by atoms with Gasteiger partial charge in [-0.15, -0.1) is 0 Å². The minimum Gasteiger partial charge on any atom is -0.497 e. The lowest BCUT2D eigenvalue weighted by molar-refractivity contribution is 0.266. The van der Waals surface area contributed by atoms with Crippen molar-refractivity contribution in [2.75, 3.05) is 20.3 Å². The number of hydrogen-bond acceptors (Lipinski definition) is 3. The predicted molar refractivity (Wildman–Crippen MR) is 59.7 cm³/mol. The summed E-state index contributed by atoms with van der Waals surface area (Å²) in [5.74, 6) is 1.66. The Kier molecular flexibility index (Phi) is 4.43. The van der Waals surface area contributed by atoms with Crippen LogP contribution in [0.5, 0.6) is 11.5 Å². The summed E-state index contributed by atoms with van der Waals surface area (Å²) >= 11 is 0. The Morgan fingerprint density at radius 3 is 2.67 bits per heavy atom. The molecule has 0 amide bonds. The van der Waals surface area contributed by atoms with Gasteiger partial charge < -0.3 is 14.6 Å². The molecular weight excluding hydrogens is 192 g/mol. The Labute approximate surface area is 90.6 Å². The molecule has 0 aromatic heterocycles. The van der Waals surface area contributed by atoms with E-state index in [1.54, 1.807) is 7.11 Å². The average Bonchev–Trinajstić information content (AvgIpc) is 2.29. The number of aliphatic hydroxyl groups is 1. The summed E-state index contributed by atoms with van der Waals surface area (Å²) in [6.45, 7) is 4.62. The molecule has 0 aliphatic rings. The van der Waals surface area contributed by atoms with Gasteiger partial charge in [-0.05, 0) is 25.1 Å². The van der Waals surface area contributed by atoms with Gasteiger partial charge in [0, 0.05) is 18.1 Å². The zero-order chi connectivity index (χ0) is 11.3. The van der Waals surface area contributed by atoms with Gasteiger partial charge in [0.05, 0.1) is 13.7 Å². The summed E-state index contributed by atoms with van der Waals surface area (Å²) in [6, 6.07) is 5.65. The van der Waals surface area contributed by atoms with E-state index in [1.807, 2.05) is 32.0 Å². The molecule has 15 heavy (non-hydrogen) atoms. The second-order valence-electron chi connectivity index (χ2n) is 3.42. The van der Waals surface area contributed by atoms with Crippen molar-refractivity contribution in [1.29, 1.82) is 0 Å². The van der Waals surface area contributed by atoms with Crippen LogP contribution in [0.1, 0.15) is 25.3 Å². The summed E-state index contributed by atoms with van der Waals surface area (Å²) in [6.07, 6.45) is 0. The lowest BCUT2D eigenvalue weighted by Crippen LogP contribution is -2.04. The van der Waals surface area contributed by atoms with Crippen LogP contribution in [0.4, 0.5) is 0 Å². The highest BCUT2D eigenvalue weighted by atomic mass is 16.5. The van der Waals surface area contributed by atoms with Crippen molar-refractivity contribution in [3.05, 3.63) is 23.8 Å². The number of rotatable bonds is 5. The second kappa shape index (κ2) is 5.61. The largest absolute Gasteiger partial charge is 0.497 e. The molecule has 0 fully saturated rings. The van der Waals surface area contributed by atoms with Crippen LogP contribution in [0.3, 0.4) is 0 Å². The number of ether oxygens (including phenoxy) is 2. The molecule has 0 saturated heterocycles. The van der Waals surface area contributed by atoms with Gasteiger partial charge in [-0.25, -0.2) is 0 Å². The van der Waals surface area contributed by atoms with Crippen LogP contribution >= 0.6 is 0 Å². The van der Waals surface area contributed by atoms with Crippen LogP contribution in [0, 0.1) is 0 Å². The molecule has 3 heteroatoms. The molecule has 1 atom stereocenters. The van der Waals surface area contributed by atoms with Crippen molar-refractivity contribution in [1.82, 2.24) is 0 Å². The van der Waals surface area contributed by atoms with E-state index in [0.29, 0.717) is 6.61 Å². The van der Waals surface area contributed by atoms with Gasteiger partial charge in [-0.1, -0.05) is 6.92 Å². The third-order valence-corrected chi connectivity index (χ3v) is 2.32. The lowest BCUT2D eigenvalue weighted by Gasteiger charge is -2.15. The molecule has 0 aliphatic heterocycles. The molecule has 1 unspecified atom stereocenters. The zero-order valence-electron chi connectivity index (χ0n) is 9.49. The minimum atomic E-state index is 0.0571. The fourth-order valence-corrected chi connectivity index (χ4v) is 1.42. The maximum absolute atomic E-state index is 9.15. The third-order valence-electron chi connectivity index (χ3n) is 2.32. The monoisotopic (exact) mass is 210 g/mol. The standard InChI is InChI=1S/C12H18O3/c1-4-15-12-6-5-10(14-3)7-11(12)9(2)8-13/h5-7,9,13H,4,8H2,1-3H3. The molecule has 3 nitrogen and oxygen atoms in total. The predicted octanol–water partition coefficient (Wildman–Crippen LogP) is 2.19. The van der Waals surface area contributed by atoms with E-state index in [-0.39, 0.29) is 12.5 Å². The van der Waals surface area contributed by atoms with E-state index >= 15 is 0 Å². The summed E-state index contributed by atoms with van der Waals surface area (Å²) in [7, 11) is 1.63. The van der Waals surface area contributed by atoms with Crippen molar-refractivity contribution in [3.8, 4) is 11.5 Å². The normalized spacial score (nSPS) is 12.3. The van der Waals surface area contributed by atoms with Gasteiger partial charge >= 0.3 is 0 Å². The van der Waals surface area contributed by atoms with Crippen LogP contribution in [0.25, 0.3) is 0 Å². The first-order chi connectivity index (χ1) is 7.22. The Morgan fingerprint density at radius 1 is 1.40 bits per heavy atom. The summed E-state index contributed by atoms with van der Waals surface area (Å²) in [5, 5.41) is 9.15. The van der Waals surface area contributed by atoms with E-state index in [9.17, 15) is 0 Å². The molecule has 0 saturated carbocycles. The van der Waals surface area contributed by atoms with E-state index in [2.05, 4.69) is 0 Å². The molecule has 0 heterocycles. The molecule has 1 aromatic rings. The molecule has 0 spiro atoms. The number of hydrogen-bond donors (Lipinski definition) is 1. The van der Waals surface area contributed by atoms with Gasteiger partial charge in [0.1, 0.15) is 11.5 Å². The third kappa shape index (κ3) is 2.86. The molecular formula is C12H18O3. The van der Waals surface area contributed by atoms with E-state index in [0.717, 1.165) is 17.1 Å². The number of methoxy groups -OCH3 is 1. The molecule has 0 bridgehead atoms. The fraction of sp³-hybridized carbons (Fsp3) is 0.500. The highest BCUT2D eigenvalue weighted by Gasteiger charge is 2.11. The van der Waals surface area contributed by atoms with Gasteiger partial charge in [0.25, 0.3) is 0 Å². The number of benzene rings is 1. The Hall–Kier alpha value is -1.22. The molecule has 0 aliphatic carbocycles. The van der Waals surface area contributed by atoms with E-state index in [4.69, 9.17) is 14.6 Å². The molecule has 1 aromatic carbocycles. The molecule has 1 rings (SSSR count). The van der Waals surface area contributed by atoms with Crippen molar-refractivity contribution in [2.45, 2.75) is 19.8 Å². The topological polar surface area (TPSA) is 38.7 Å². The van der Waals surface area contributed by atoms with Crippen molar-refractivity contribution >= 4 is 0 Å². The van der Waals surface area contributed by atoms with Crippen LogP contribution in [-0.4, -0.2) is 25.4 Å². The van der Waals surface area contributed by atoms with Crippen molar-refractivity contribution in [2.24, 2.45) is 0 Å². The molecule has 84 valence electrons. The highest BCUT2D eigenvalue weighted by Crippen LogP contribution is 2.30. The maximum Gasteiger partial charge on any atom is 0.123 e. The SMILES string of the molecule is CCOc1ccc(OC)cc1C(C)CO. The Morgan fingerprint density at radius 2 is 2.13 bits per heavy atom.